The van der Waals surface area contributed by atoms with Crippen LogP contribution in [-0.4, -0.2) is 37.0 Å². The number of hydrogen-bond donors (Lipinski definition) is 0. The molecule has 0 bridgehead atoms. The second-order valence-electron chi connectivity index (χ2n) is 6.70. The second kappa shape index (κ2) is 7.85. The van der Waals surface area contributed by atoms with Gasteiger partial charge in [0.1, 0.15) is 0 Å². The Morgan fingerprint density at radius 1 is 0.704 bits per heavy atom. The maximum Gasteiger partial charge on any atom is 0.253 e. The molecule has 3 nitrogen and oxygen atoms in total. The third kappa shape index (κ3) is 3.99. The van der Waals surface area contributed by atoms with Gasteiger partial charge in [-0.2, -0.15) is 0 Å². The van der Waals surface area contributed by atoms with E-state index >= 15 is 0 Å². The Morgan fingerprint density at radius 3 is 1.93 bits per heavy atom. The molecule has 0 radical (unpaired) electrons. The summed E-state index contributed by atoms with van der Waals surface area (Å²) in [6, 6.07) is 26.0. The molecular formula is C23H21ClN2O. The summed E-state index contributed by atoms with van der Waals surface area (Å²) in [7, 11) is 0. The van der Waals surface area contributed by atoms with Gasteiger partial charge in [0.15, 0.2) is 0 Å². The van der Waals surface area contributed by atoms with Gasteiger partial charge in [-0.3, -0.25) is 4.79 Å². The first kappa shape index (κ1) is 17.6. The summed E-state index contributed by atoms with van der Waals surface area (Å²) < 4.78 is 0. The second-order valence-corrected chi connectivity index (χ2v) is 7.14. The number of piperazine rings is 1. The van der Waals surface area contributed by atoms with Gasteiger partial charge in [0.05, 0.1) is 0 Å². The average Bonchev–Trinajstić information content (AvgIpc) is 2.75. The molecule has 0 atom stereocenters. The van der Waals surface area contributed by atoms with Crippen LogP contribution in [0.2, 0.25) is 5.02 Å². The molecule has 0 N–H and O–H groups in total. The van der Waals surface area contributed by atoms with Gasteiger partial charge in [0, 0.05) is 42.5 Å². The molecule has 0 spiro atoms. The van der Waals surface area contributed by atoms with Crippen LogP contribution in [-0.2, 0) is 0 Å². The highest BCUT2D eigenvalue weighted by atomic mass is 35.5. The normalized spacial score (nSPS) is 14.3. The van der Waals surface area contributed by atoms with E-state index in [1.54, 1.807) is 0 Å². The first-order valence-corrected chi connectivity index (χ1v) is 9.54. The number of halogens is 1. The highest BCUT2D eigenvalue weighted by molar-refractivity contribution is 6.30. The molecular weight excluding hydrogens is 356 g/mol. The zero-order valence-electron chi connectivity index (χ0n) is 15.0. The van der Waals surface area contributed by atoms with Crippen LogP contribution in [0.25, 0.3) is 11.1 Å². The highest BCUT2D eigenvalue weighted by Gasteiger charge is 2.22. The molecule has 0 aromatic heterocycles. The van der Waals surface area contributed by atoms with Crippen molar-refractivity contribution in [3.8, 4) is 11.1 Å². The van der Waals surface area contributed by atoms with Gasteiger partial charge in [0.2, 0.25) is 0 Å². The lowest BCUT2D eigenvalue weighted by molar-refractivity contribution is 0.0747. The van der Waals surface area contributed by atoms with Gasteiger partial charge in [-0.1, -0.05) is 54.1 Å². The summed E-state index contributed by atoms with van der Waals surface area (Å²) in [5.74, 6) is 0.102. The molecule has 1 fully saturated rings. The summed E-state index contributed by atoms with van der Waals surface area (Å²) in [6.45, 7) is 3.11. The van der Waals surface area contributed by atoms with Crippen molar-refractivity contribution < 1.29 is 4.79 Å². The number of anilines is 1. The van der Waals surface area contributed by atoms with Crippen molar-refractivity contribution in [2.45, 2.75) is 0 Å². The van der Waals surface area contributed by atoms with Crippen LogP contribution in [0.15, 0.2) is 78.9 Å². The maximum absolute atomic E-state index is 12.8. The Balaban J connectivity index is 1.40. The predicted octanol–water partition coefficient (Wildman–Crippen LogP) is 4.97. The summed E-state index contributed by atoms with van der Waals surface area (Å²) >= 11 is 5.96. The van der Waals surface area contributed by atoms with Gasteiger partial charge in [0.25, 0.3) is 5.91 Å². The van der Waals surface area contributed by atoms with Crippen molar-refractivity contribution in [2.75, 3.05) is 31.1 Å². The number of nitrogens with zero attached hydrogens (tertiary/aromatic N) is 2. The highest BCUT2D eigenvalue weighted by Crippen LogP contribution is 2.22. The first-order valence-electron chi connectivity index (χ1n) is 9.16. The van der Waals surface area contributed by atoms with Gasteiger partial charge in [-0.05, 0) is 47.5 Å². The van der Waals surface area contributed by atoms with Crippen LogP contribution in [0.5, 0.6) is 0 Å². The third-order valence-corrected chi connectivity index (χ3v) is 5.25. The smallest absolute Gasteiger partial charge is 0.253 e. The molecule has 1 amide bonds. The zero-order valence-corrected chi connectivity index (χ0v) is 15.8. The fourth-order valence-corrected chi connectivity index (χ4v) is 3.56. The molecule has 4 rings (SSSR count). The Bertz CT molecular complexity index is 899. The van der Waals surface area contributed by atoms with E-state index in [1.807, 2.05) is 71.6 Å². The third-order valence-electron chi connectivity index (χ3n) is 5.00. The lowest BCUT2D eigenvalue weighted by Crippen LogP contribution is -2.48. The van der Waals surface area contributed by atoms with E-state index in [4.69, 9.17) is 11.6 Å². The minimum absolute atomic E-state index is 0.102. The summed E-state index contributed by atoms with van der Waals surface area (Å²) in [6.07, 6.45) is 0. The van der Waals surface area contributed by atoms with Crippen molar-refractivity contribution in [1.29, 1.82) is 0 Å². The van der Waals surface area contributed by atoms with Crippen LogP contribution in [0, 0.1) is 0 Å². The molecule has 1 aliphatic heterocycles. The van der Waals surface area contributed by atoms with E-state index in [1.165, 1.54) is 0 Å². The van der Waals surface area contributed by atoms with Crippen molar-refractivity contribution in [3.05, 3.63) is 89.4 Å². The molecule has 1 heterocycles. The molecule has 0 unspecified atom stereocenters. The van der Waals surface area contributed by atoms with E-state index < -0.39 is 0 Å². The van der Waals surface area contributed by atoms with E-state index in [2.05, 4.69) is 17.0 Å². The Labute approximate surface area is 164 Å². The van der Waals surface area contributed by atoms with Crippen LogP contribution in [0.4, 0.5) is 5.69 Å². The molecule has 3 aromatic rings. The molecule has 0 saturated carbocycles. The number of carbonyl (C=O) groups excluding carboxylic acids is 1. The van der Waals surface area contributed by atoms with Gasteiger partial charge in [-0.25, -0.2) is 0 Å². The largest absolute Gasteiger partial charge is 0.368 e. The minimum Gasteiger partial charge on any atom is -0.368 e. The fourth-order valence-electron chi connectivity index (χ4n) is 3.44. The standard InChI is InChI=1S/C23H21ClN2O/c24-21-10-12-22(13-11-21)25-14-16-26(17-15-25)23(27)20-8-6-19(7-9-20)18-4-2-1-3-5-18/h1-13H,14-17H2. The fraction of sp³-hybridized carbons (Fsp3) is 0.174. The van der Waals surface area contributed by atoms with Crippen molar-refractivity contribution in [3.63, 3.8) is 0 Å². The summed E-state index contributed by atoms with van der Waals surface area (Å²) in [5, 5.41) is 0.742. The Hall–Kier alpha value is -2.78. The predicted molar refractivity (Wildman–Crippen MR) is 111 cm³/mol. The van der Waals surface area contributed by atoms with Crippen molar-refractivity contribution >= 4 is 23.2 Å². The monoisotopic (exact) mass is 376 g/mol. The maximum atomic E-state index is 12.8. The van der Waals surface area contributed by atoms with Gasteiger partial charge in [-0.15, -0.1) is 0 Å². The first-order chi connectivity index (χ1) is 13.2. The van der Waals surface area contributed by atoms with E-state index in [-0.39, 0.29) is 5.91 Å². The number of rotatable bonds is 3. The van der Waals surface area contributed by atoms with Gasteiger partial charge < -0.3 is 9.80 Å². The molecule has 136 valence electrons. The van der Waals surface area contributed by atoms with Crippen LogP contribution >= 0.6 is 11.6 Å². The minimum atomic E-state index is 0.102. The molecule has 4 heteroatoms. The molecule has 27 heavy (non-hydrogen) atoms. The number of amides is 1. The molecule has 1 saturated heterocycles. The summed E-state index contributed by atoms with van der Waals surface area (Å²) in [5.41, 5.74) is 4.18. The van der Waals surface area contributed by atoms with Crippen LogP contribution < -0.4 is 4.90 Å². The van der Waals surface area contributed by atoms with Crippen molar-refractivity contribution in [2.24, 2.45) is 0 Å². The van der Waals surface area contributed by atoms with Gasteiger partial charge >= 0.3 is 0 Å². The quantitative estimate of drug-likeness (QED) is 0.644. The SMILES string of the molecule is O=C(c1ccc(-c2ccccc2)cc1)N1CCN(c2ccc(Cl)cc2)CC1. The summed E-state index contributed by atoms with van der Waals surface area (Å²) in [4.78, 5) is 17.1. The number of carbonyl (C=O) groups is 1. The van der Waals surface area contributed by atoms with Crippen LogP contribution in [0.1, 0.15) is 10.4 Å². The number of benzene rings is 3. The lowest BCUT2D eigenvalue weighted by atomic mass is 10.0. The lowest BCUT2D eigenvalue weighted by Gasteiger charge is -2.36. The molecule has 0 aliphatic carbocycles. The molecule has 1 aliphatic rings. The van der Waals surface area contributed by atoms with E-state index in [9.17, 15) is 4.79 Å². The Morgan fingerprint density at radius 2 is 1.30 bits per heavy atom. The topological polar surface area (TPSA) is 23.6 Å². The van der Waals surface area contributed by atoms with E-state index in [0.29, 0.717) is 0 Å². The van der Waals surface area contributed by atoms with Crippen LogP contribution in [0.3, 0.4) is 0 Å². The molecule has 3 aromatic carbocycles. The number of hydrogen-bond acceptors (Lipinski definition) is 2. The van der Waals surface area contributed by atoms with Crippen molar-refractivity contribution in [1.82, 2.24) is 4.90 Å². The van der Waals surface area contributed by atoms with E-state index in [0.717, 1.165) is 53.6 Å². The Kier molecular flexibility index (Phi) is 5.12. The zero-order chi connectivity index (χ0) is 18.6. The average molecular weight is 377 g/mol.